The van der Waals surface area contributed by atoms with Crippen molar-refractivity contribution in [3.05, 3.63) is 24.0 Å². The molecule has 2 N–H and O–H groups in total. The maximum Gasteiger partial charge on any atom is 0.255 e. The Hall–Kier alpha value is -1.58. The summed E-state index contributed by atoms with van der Waals surface area (Å²) in [5.41, 5.74) is 0.293. The van der Waals surface area contributed by atoms with E-state index in [1.165, 1.54) is 37.7 Å². The van der Waals surface area contributed by atoms with Crippen molar-refractivity contribution in [2.24, 2.45) is 5.92 Å². The normalized spacial score (nSPS) is 14.8. The molecule has 4 heteroatoms. The van der Waals surface area contributed by atoms with E-state index in [0.717, 1.165) is 12.3 Å². The summed E-state index contributed by atoms with van der Waals surface area (Å²) < 4.78 is 0. The first-order valence-electron chi connectivity index (χ1n) is 5.68. The Morgan fingerprint density at radius 2 is 2.38 bits per heavy atom. The van der Waals surface area contributed by atoms with Gasteiger partial charge >= 0.3 is 0 Å². The second kappa shape index (κ2) is 4.96. The van der Waals surface area contributed by atoms with Gasteiger partial charge in [-0.05, 0) is 24.8 Å². The molecule has 4 nitrogen and oxygen atoms in total. The molecule has 1 amide bonds. The Balaban J connectivity index is 1.76. The van der Waals surface area contributed by atoms with E-state index in [4.69, 9.17) is 0 Å². The molecule has 0 radical (unpaired) electrons. The van der Waals surface area contributed by atoms with Crippen molar-refractivity contribution in [1.82, 2.24) is 10.3 Å². The van der Waals surface area contributed by atoms with Crippen molar-refractivity contribution in [2.45, 2.75) is 25.7 Å². The molecule has 1 aliphatic rings. The van der Waals surface area contributed by atoms with Crippen molar-refractivity contribution in [2.75, 3.05) is 6.54 Å². The molecule has 16 heavy (non-hydrogen) atoms. The Morgan fingerprint density at radius 3 is 3.06 bits per heavy atom. The maximum absolute atomic E-state index is 11.6. The number of carbonyl (C=O) groups excluding carboxylic acids is 1. The molecule has 1 saturated carbocycles. The number of amides is 1. The highest BCUT2D eigenvalue weighted by atomic mass is 16.3. The summed E-state index contributed by atoms with van der Waals surface area (Å²) in [6.45, 7) is 0.678. The van der Waals surface area contributed by atoms with Gasteiger partial charge in [-0.15, -0.1) is 0 Å². The average molecular weight is 220 g/mol. The molecule has 1 aromatic rings. The van der Waals surface area contributed by atoms with Gasteiger partial charge in [0, 0.05) is 12.7 Å². The fourth-order valence-electron chi connectivity index (χ4n) is 1.67. The fourth-order valence-corrected chi connectivity index (χ4v) is 1.67. The highest BCUT2D eigenvalue weighted by Crippen LogP contribution is 2.33. The third-order valence-electron chi connectivity index (χ3n) is 2.82. The summed E-state index contributed by atoms with van der Waals surface area (Å²) in [5.74, 6) is 0.601. The lowest BCUT2D eigenvalue weighted by Gasteiger charge is -2.05. The van der Waals surface area contributed by atoms with Crippen molar-refractivity contribution in [3.63, 3.8) is 0 Å². The molecular formula is C12H16N2O2. The quantitative estimate of drug-likeness (QED) is 0.742. The highest BCUT2D eigenvalue weighted by Gasteiger charge is 2.20. The van der Waals surface area contributed by atoms with Gasteiger partial charge in [-0.2, -0.15) is 0 Å². The third kappa shape index (κ3) is 2.95. The molecular weight excluding hydrogens is 204 g/mol. The van der Waals surface area contributed by atoms with Crippen LogP contribution < -0.4 is 5.32 Å². The first kappa shape index (κ1) is 10.9. The molecule has 0 spiro atoms. The standard InChI is InChI=1S/C12H16N2O2/c15-11-8-13-7-5-10(11)12(16)14-6-1-2-9-3-4-9/h5,7-9,15H,1-4,6H2,(H,14,16). The Morgan fingerprint density at radius 1 is 1.56 bits per heavy atom. The lowest BCUT2D eigenvalue weighted by atomic mass is 10.2. The number of hydrogen-bond acceptors (Lipinski definition) is 3. The van der Waals surface area contributed by atoms with Crippen LogP contribution in [0.5, 0.6) is 5.75 Å². The third-order valence-corrected chi connectivity index (χ3v) is 2.82. The van der Waals surface area contributed by atoms with E-state index in [2.05, 4.69) is 10.3 Å². The number of hydrogen-bond donors (Lipinski definition) is 2. The largest absolute Gasteiger partial charge is 0.505 e. The second-order valence-corrected chi connectivity index (χ2v) is 4.23. The Bertz CT molecular complexity index is 375. The van der Waals surface area contributed by atoms with Crippen LogP contribution in [0.1, 0.15) is 36.0 Å². The zero-order valence-electron chi connectivity index (χ0n) is 9.15. The molecule has 0 atom stereocenters. The number of aromatic hydroxyl groups is 1. The number of nitrogens with one attached hydrogen (secondary N) is 1. The van der Waals surface area contributed by atoms with Gasteiger partial charge in [0.2, 0.25) is 0 Å². The van der Waals surface area contributed by atoms with E-state index < -0.39 is 0 Å². The van der Waals surface area contributed by atoms with E-state index in [1.54, 1.807) is 0 Å². The van der Waals surface area contributed by atoms with Gasteiger partial charge in [-0.1, -0.05) is 12.8 Å². The van der Waals surface area contributed by atoms with Gasteiger partial charge < -0.3 is 10.4 Å². The van der Waals surface area contributed by atoms with Crippen molar-refractivity contribution >= 4 is 5.91 Å². The van der Waals surface area contributed by atoms with E-state index in [0.29, 0.717) is 12.1 Å². The van der Waals surface area contributed by atoms with Gasteiger partial charge in [0.25, 0.3) is 5.91 Å². The van der Waals surface area contributed by atoms with Crippen LogP contribution in [-0.2, 0) is 0 Å². The van der Waals surface area contributed by atoms with Crippen LogP contribution in [0.25, 0.3) is 0 Å². The van der Waals surface area contributed by atoms with Crippen LogP contribution in [0.3, 0.4) is 0 Å². The Kier molecular flexibility index (Phi) is 3.39. The monoisotopic (exact) mass is 220 g/mol. The lowest BCUT2D eigenvalue weighted by molar-refractivity contribution is 0.0950. The minimum absolute atomic E-state index is 0.0674. The number of nitrogens with zero attached hydrogens (tertiary/aromatic N) is 1. The number of carbonyl (C=O) groups is 1. The molecule has 1 heterocycles. The topological polar surface area (TPSA) is 62.2 Å². The average Bonchev–Trinajstić information content (AvgIpc) is 3.08. The predicted octanol–water partition coefficient (Wildman–Crippen LogP) is 1.71. The zero-order valence-corrected chi connectivity index (χ0v) is 9.15. The van der Waals surface area contributed by atoms with Gasteiger partial charge in [-0.25, -0.2) is 0 Å². The van der Waals surface area contributed by atoms with Crippen molar-refractivity contribution < 1.29 is 9.90 Å². The zero-order chi connectivity index (χ0) is 11.4. The second-order valence-electron chi connectivity index (χ2n) is 4.23. The predicted molar refractivity (Wildman–Crippen MR) is 60.2 cm³/mol. The molecule has 0 aromatic carbocycles. The number of aromatic nitrogens is 1. The van der Waals surface area contributed by atoms with Gasteiger partial charge in [-0.3, -0.25) is 9.78 Å². The molecule has 0 unspecified atom stereocenters. The molecule has 0 saturated heterocycles. The van der Waals surface area contributed by atoms with Crippen LogP contribution >= 0.6 is 0 Å². The summed E-state index contributed by atoms with van der Waals surface area (Å²) in [7, 11) is 0. The van der Waals surface area contributed by atoms with Crippen LogP contribution in [0.2, 0.25) is 0 Å². The maximum atomic E-state index is 11.6. The van der Waals surface area contributed by atoms with Crippen molar-refractivity contribution in [1.29, 1.82) is 0 Å². The SMILES string of the molecule is O=C(NCCCC1CC1)c1ccncc1O. The van der Waals surface area contributed by atoms with Gasteiger partial charge in [0.1, 0.15) is 5.75 Å². The van der Waals surface area contributed by atoms with Gasteiger partial charge in [0.05, 0.1) is 11.8 Å². The van der Waals surface area contributed by atoms with E-state index in [1.807, 2.05) is 0 Å². The van der Waals surface area contributed by atoms with E-state index >= 15 is 0 Å². The summed E-state index contributed by atoms with van der Waals surface area (Å²) in [6, 6.07) is 1.52. The highest BCUT2D eigenvalue weighted by molar-refractivity contribution is 5.96. The smallest absolute Gasteiger partial charge is 0.255 e. The minimum Gasteiger partial charge on any atom is -0.505 e. The summed E-state index contributed by atoms with van der Waals surface area (Å²) >= 11 is 0. The van der Waals surface area contributed by atoms with E-state index in [9.17, 15) is 9.90 Å². The van der Waals surface area contributed by atoms with E-state index in [-0.39, 0.29) is 11.7 Å². The number of pyridine rings is 1. The molecule has 2 rings (SSSR count). The molecule has 86 valence electrons. The molecule has 1 aliphatic carbocycles. The molecule has 0 bridgehead atoms. The number of rotatable bonds is 5. The molecule has 1 aromatic heterocycles. The fraction of sp³-hybridized carbons (Fsp3) is 0.500. The van der Waals surface area contributed by atoms with Crippen molar-refractivity contribution in [3.8, 4) is 5.75 Å². The van der Waals surface area contributed by atoms with Crippen LogP contribution in [-0.4, -0.2) is 22.5 Å². The summed E-state index contributed by atoms with van der Waals surface area (Å²) in [4.78, 5) is 15.4. The summed E-state index contributed by atoms with van der Waals surface area (Å²) in [5, 5.41) is 12.2. The first-order valence-corrected chi connectivity index (χ1v) is 5.68. The lowest BCUT2D eigenvalue weighted by Crippen LogP contribution is -2.24. The van der Waals surface area contributed by atoms with Gasteiger partial charge in [0.15, 0.2) is 0 Å². The van der Waals surface area contributed by atoms with Crippen LogP contribution in [0, 0.1) is 5.92 Å². The van der Waals surface area contributed by atoms with Crippen LogP contribution in [0.15, 0.2) is 18.5 Å². The Labute approximate surface area is 94.7 Å². The van der Waals surface area contributed by atoms with Crippen LogP contribution in [0.4, 0.5) is 0 Å². The minimum atomic E-state index is -0.226. The molecule has 1 fully saturated rings. The first-order chi connectivity index (χ1) is 7.77. The molecule has 0 aliphatic heterocycles. The summed E-state index contributed by atoms with van der Waals surface area (Å²) in [6.07, 6.45) is 7.68.